The predicted molar refractivity (Wildman–Crippen MR) is 87.2 cm³/mol. The van der Waals surface area contributed by atoms with Crippen molar-refractivity contribution >= 4 is 5.69 Å². The molecule has 0 bridgehead atoms. The average molecular weight is 275 g/mol. The Morgan fingerprint density at radius 3 is 2.55 bits per heavy atom. The Bertz CT molecular complexity index is 404. The summed E-state index contributed by atoms with van der Waals surface area (Å²) in [6, 6.07) is 10.0. The Morgan fingerprint density at radius 2 is 1.95 bits per heavy atom. The van der Waals surface area contributed by atoms with Crippen LogP contribution >= 0.6 is 0 Å². The normalized spacial score (nSPS) is 23.4. The zero-order valence-electron chi connectivity index (χ0n) is 13.4. The SMILES string of the molecule is CCN(CC)Cc1ccccc1NC1CC(C)N(C)C1. The number of rotatable bonds is 6. The summed E-state index contributed by atoms with van der Waals surface area (Å²) in [7, 11) is 2.22. The lowest BCUT2D eigenvalue weighted by Gasteiger charge is -2.22. The first kappa shape index (κ1) is 15.3. The maximum absolute atomic E-state index is 3.76. The van der Waals surface area contributed by atoms with Gasteiger partial charge in [0.2, 0.25) is 0 Å². The second kappa shape index (κ2) is 7.09. The van der Waals surface area contributed by atoms with E-state index in [1.165, 1.54) is 17.7 Å². The molecule has 2 unspecified atom stereocenters. The number of likely N-dealkylation sites (N-methyl/N-ethyl adjacent to an activating group) is 1. The summed E-state index contributed by atoms with van der Waals surface area (Å²) >= 11 is 0. The number of likely N-dealkylation sites (tertiary alicyclic amines) is 1. The molecule has 2 rings (SSSR count). The first-order valence-corrected chi connectivity index (χ1v) is 7.91. The molecule has 3 heteroatoms. The fraction of sp³-hybridized carbons (Fsp3) is 0.647. The standard InChI is InChI=1S/C17H29N3/c1-5-20(6-2)12-15-9-7-8-10-17(15)18-16-11-14(3)19(4)13-16/h7-10,14,16,18H,5-6,11-13H2,1-4H3. The Balaban J connectivity index is 2.04. The fourth-order valence-electron chi connectivity index (χ4n) is 3.01. The molecule has 0 spiro atoms. The van der Waals surface area contributed by atoms with Crippen LogP contribution in [0.3, 0.4) is 0 Å². The van der Waals surface area contributed by atoms with E-state index in [4.69, 9.17) is 0 Å². The molecule has 0 amide bonds. The summed E-state index contributed by atoms with van der Waals surface area (Å²) in [5.41, 5.74) is 2.73. The summed E-state index contributed by atoms with van der Waals surface area (Å²) < 4.78 is 0. The van der Waals surface area contributed by atoms with Crippen molar-refractivity contribution < 1.29 is 0 Å². The van der Waals surface area contributed by atoms with Gasteiger partial charge in [0.15, 0.2) is 0 Å². The van der Waals surface area contributed by atoms with Crippen LogP contribution in [0, 0.1) is 0 Å². The molecule has 20 heavy (non-hydrogen) atoms. The van der Waals surface area contributed by atoms with Gasteiger partial charge in [0.25, 0.3) is 0 Å². The maximum Gasteiger partial charge on any atom is 0.0403 e. The topological polar surface area (TPSA) is 18.5 Å². The molecule has 1 aromatic carbocycles. The van der Waals surface area contributed by atoms with E-state index in [1.54, 1.807) is 0 Å². The number of hydrogen-bond donors (Lipinski definition) is 1. The van der Waals surface area contributed by atoms with Crippen LogP contribution in [-0.4, -0.2) is 48.6 Å². The number of nitrogens with one attached hydrogen (secondary N) is 1. The van der Waals surface area contributed by atoms with E-state index in [-0.39, 0.29) is 0 Å². The molecular formula is C17H29N3. The average Bonchev–Trinajstić information content (AvgIpc) is 2.76. The molecule has 1 fully saturated rings. The highest BCUT2D eigenvalue weighted by Crippen LogP contribution is 2.23. The van der Waals surface area contributed by atoms with Crippen molar-refractivity contribution in [3.8, 4) is 0 Å². The molecule has 1 N–H and O–H groups in total. The largest absolute Gasteiger partial charge is 0.381 e. The van der Waals surface area contributed by atoms with Crippen molar-refractivity contribution in [1.29, 1.82) is 0 Å². The molecule has 1 aromatic rings. The van der Waals surface area contributed by atoms with Crippen LogP contribution in [-0.2, 0) is 6.54 Å². The molecule has 1 saturated heterocycles. The van der Waals surface area contributed by atoms with Gasteiger partial charge in [-0.3, -0.25) is 4.90 Å². The maximum atomic E-state index is 3.76. The lowest BCUT2D eigenvalue weighted by Crippen LogP contribution is -2.26. The van der Waals surface area contributed by atoms with Gasteiger partial charge in [-0.25, -0.2) is 0 Å². The highest BCUT2D eigenvalue weighted by molar-refractivity contribution is 5.52. The van der Waals surface area contributed by atoms with Crippen LogP contribution < -0.4 is 5.32 Å². The molecule has 1 aliphatic heterocycles. The number of benzene rings is 1. The molecule has 3 nitrogen and oxygen atoms in total. The number of hydrogen-bond acceptors (Lipinski definition) is 3. The third-order valence-corrected chi connectivity index (χ3v) is 4.55. The second-order valence-electron chi connectivity index (χ2n) is 5.98. The highest BCUT2D eigenvalue weighted by atomic mass is 15.2. The van der Waals surface area contributed by atoms with Crippen LogP contribution in [0.1, 0.15) is 32.8 Å². The van der Waals surface area contributed by atoms with Gasteiger partial charge in [0.1, 0.15) is 0 Å². The van der Waals surface area contributed by atoms with E-state index in [0.717, 1.165) is 26.2 Å². The van der Waals surface area contributed by atoms with Gasteiger partial charge >= 0.3 is 0 Å². The zero-order valence-corrected chi connectivity index (χ0v) is 13.4. The summed E-state index contributed by atoms with van der Waals surface area (Å²) in [5.74, 6) is 0. The Labute approximate surface area is 124 Å². The van der Waals surface area contributed by atoms with Crippen LogP contribution in [0.5, 0.6) is 0 Å². The van der Waals surface area contributed by atoms with Gasteiger partial charge in [0.05, 0.1) is 0 Å². The quantitative estimate of drug-likeness (QED) is 0.861. The van der Waals surface area contributed by atoms with Crippen molar-refractivity contribution in [2.24, 2.45) is 0 Å². The van der Waals surface area contributed by atoms with Crippen LogP contribution in [0.4, 0.5) is 5.69 Å². The highest BCUT2D eigenvalue weighted by Gasteiger charge is 2.26. The van der Waals surface area contributed by atoms with E-state index in [2.05, 4.69) is 67.2 Å². The van der Waals surface area contributed by atoms with Crippen LogP contribution in [0.2, 0.25) is 0 Å². The van der Waals surface area contributed by atoms with Gasteiger partial charge in [0, 0.05) is 30.9 Å². The zero-order chi connectivity index (χ0) is 14.5. The van der Waals surface area contributed by atoms with Crippen molar-refractivity contribution in [3.05, 3.63) is 29.8 Å². The van der Waals surface area contributed by atoms with Gasteiger partial charge in [-0.05, 0) is 45.1 Å². The molecule has 0 radical (unpaired) electrons. The number of para-hydroxylation sites is 1. The molecule has 2 atom stereocenters. The lowest BCUT2D eigenvalue weighted by molar-refractivity contribution is 0.296. The molecule has 1 heterocycles. The minimum Gasteiger partial charge on any atom is -0.381 e. The molecule has 112 valence electrons. The second-order valence-corrected chi connectivity index (χ2v) is 5.98. The summed E-state index contributed by atoms with van der Waals surface area (Å²) in [6.07, 6.45) is 1.23. The molecule has 1 aliphatic rings. The van der Waals surface area contributed by atoms with Crippen molar-refractivity contribution in [3.63, 3.8) is 0 Å². The van der Waals surface area contributed by atoms with Crippen molar-refractivity contribution in [1.82, 2.24) is 9.80 Å². The first-order chi connectivity index (χ1) is 9.63. The van der Waals surface area contributed by atoms with Gasteiger partial charge < -0.3 is 10.2 Å². The fourth-order valence-corrected chi connectivity index (χ4v) is 3.01. The Hall–Kier alpha value is -1.06. The van der Waals surface area contributed by atoms with Crippen LogP contribution in [0.25, 0.3) is 0 Å². The first-order valence-electron chi connectivity index (χ1n) is 7.91. The molecule has 0 saturated carbocycles. The smallest absolute Gasteiger partial charge is 0.0403 e. The Kier molecular flexibility index (Phi) is 5.44. The number of anilines is 1. The molecular weight excluding hydrogens is 246 g/mol. The van der Waals surface area contributed by atoms with Gasteiger partial charge in [-0.2, -0.15) is 0 Å². The van der Waals surface area contributed by atoms with Gasteiger partial charge in [-0.15, -0.1) is 0 Å². The third-order valence-electron chi connectivity index (χ3n) is 4.55. The molecule has 0 aliphatic carbocycles. The van der Waals surface area contributed by atoms with E-state index in [9.17, 15) is 0 Å². The van der Waals surface area contributed by atoms with Crippen molar-refractivity contribution in [2.75, 3.05) is 32.0 Å². The van der Waals surface area contributed by atoms with E-state index < -0.39 is 0 Å². The summed E-state index contributed by atoms with van der Waals surface area (Å²) in [4.78, 5) is 4.90. The van der Waals surface area contributed by atoms with E-state index in [1.807, 2.05) is 0 Å². The molecule has 0 aromatic heterocycles. The summed E-state index contributed by atoms with van der Waals surface area (Å²) in [6.45, 7) is 11.2. The number of nitrogens with zero attached hydrogens (tertiary/aromatic N) is 2. The van der Waals surface area contributed by atoms with Crippen molar-refractivity contribution in [2.45, 2.75) is 45.8 Å². The van der Waals surface area contributed by atoms with Gasteiger partial charge in [-0.1, -0.05) is 32.0 Å². The lowest BCUT2D eigenvalue weighted by atomic mass is 10.1. The van der Waals surface area contributed by atoms with E-state index in [0.29, 0.717) is 12.1 Å². The minimum atomic E-state index is 0.577. The van der Waals surface area contributed by atoms with Crippen LogP contribution in [0.15, 0.2) is 24.3 Å². The Morgan fingerprint density at radius 1 is 1.25 bits per heavy atom. The summed E-state index contributed by atoms with van der Waals surface area (Å²) in [5, 5.41) is 3.76. The monoisotopic (exact) mass is 275 g/mol. The van der Waals surface area contributed by atoms with E-state index >= 15 is 0 Å². The minimum absolute atomic E-state index is 0.577. The third kappa shape index (κ3) is 3.74. The predicted octanol–water partition coefficient (Wildman–Crippen LogP) is 3.03.